The SMILES string of the molecule is COc1ccc(OC(C)C(=O)NCCOc2cccc(OC)c2)cc1. The van der Waals surface area contributed by atoms with Gasteiger partial charge in [0.05, 0.1) is 20.8 Å². The number of rotatable bonds is 9. The van der Waals surface area contributed by atoms with Crippen LogP contribution in [0.4, 0.5) is 0 Å². The summed E-state index contributed by atoms with van der Waals surface area (Å²) in [5.41, 5.74) is 0. The lowest BCUT2D eigenvalue weighted by molar-refractivity contribution is -0.127. The number of carbonyl (C=O) groups is 1. The molecular weight excluding hydrogens is 322 g/mol. The van der Waals surface area contributed by atoms with Crippen LogP contribution in [0.1, 0.15) is 6.92 Å². The van der Waals surface area contributed by atoms with Crippen LogP contribution in [-0.4, -0.2) is 39.4 Å². The summed E-state index contributed by atoms with van der Waals surface area (Å²) in [4.78, 5) is 12.0. The first kappa shape index (κ1) is 18.4. The predicted octanol–water partition coefficient (Wildman–Crippen LogP) is 2.67. The average Bonchev–Trinajstić information content (AvgIpc) is 2.65. The van der Waals surface area contributed by atoms with E-state index in [1.165, 1.54) is 0 Å². The monoisotopic (exact) mass is 345 g/mol. The summed E-state index contributed by atoms with van der Waals surface area (Å²) in [5, 5.41) is 2.78. The first-order chi connectivity index (χ1) is 12.1. The normalized spacial score (nSPS) is 11.3. The van der Waals surface area contributed by atoms with Crippen molar-refractivity contribution in [3.05, 3.63) is 48.5 Å². The minimum absolute atomic E-state index is 0.204. The Hall–Kier alpha value is -2.89. The summed E-state index contributed by atoms with van der Waals surface area (Å²) in [6.45, 7) is 2.43. The third kappa shape index (κ3) is 5.91. The molecule has 0 fully saturated rings. The van der Waals surface area contributed by atoms with Gasteiger partial charge >= 0.3 is 0 Å². The van der Waals surface area contributed by atoms with Crippen LogP contribution < -0.4 is 24.3 Å². The molecule has 1 unspecified atom stereocenters. The Morgan fingerprint density at radius 1 is 0.960 bits per heavy atom. The second kappa shape index (κ2) is 9.42. The molecule has 0 aliphatic rings. The Balaban J connectivity index is 1.71. The maximum atomic E-state index is 12.0. The number of methoxy groups -OCH3 is 2. The molecule has 0 aromatic heterocycles. The van der Waals surface area contributed by atoms with Crippen molar-refractivity contribution < 1.29 is 23.7 Å². The van der Waals surface area contributed by atoms with Gasteiger partial charge < -0.3 is 24.3 Å². The van der Waals surface area contributed by atoms with E-state index in [-0.39, 0.29) is 5.91 Å². The van der Waals surface area contributed by atoms with E-state index in [1.54, 1.807) is 51.5 Å². The van der Waals surface area contributed by atoms with Crippen LogP contribution in [0.15, 0.2) is 48.5 Å². The number of amides is 1. The summed E-state index contributed by atoms with van der Waals surface area (Å²) >= 11 is 0. The summed E-state index contributed by atoms with van der Waals surface area (Å²) in [6, 6.07) is 14.4. The van der Waals surface area contributed by atoms with Crippen LogP contribution >= 0.6 is 0 Å². The third-order valence-corrected chi connectivity index (χ3v) is 3.45. The van der Waals surface area contributed by atoms with Crippen LogP contribution in [0.5, 0.6) is 23.0 Å². The number of carbonyl (C=O) groups excluding carboxylic acids is 1. The van der Waals surface area contributed by atoms with Gasteiger partial charge in [0.25, 0.3) is 5.91 Å². The first-order valence-electron chi connectivity index (χ1n) is 7.97. The largest absolute Gasteiger partial charge is 0.497 e. The van der Waals surface area contributed by atoms with E-state index in [0.29, 0.717) is 24.7 Å². The van der Waals surface area contributed by atoms with Gasteiger partial charge in [-0.1, -0.05) is 6.07 Å². The summed E-state index contributed by atoms with van der Waals surface area (Å²) < 4.78 is 21.4. The number of ether oxygens (including phenoxy) is 4. The quantitative estimate of drug-likeness (QED) is 0.708. The van der Waals surface area contributed by atoms with E-state index < -0.39 is 6.10 Å². The zero-order chi connectivity index (χ0) is 18.1. The lowest BCUT2D eigenvalue weighted by atomic mass is 10.3. The van der Waals surface area contributed by atoms with Crippen LogP contribution in [0, 0.1) is 0 Å². The Morgan fingerprint density at radius 2 is 1.60 bits per heavy atom. The highest BCUT2D eigenvalue weighted by atomic mass is 16.5. The smallest absolute Gasteiger partial charge is 0.260 e. The average molecular weight is 345 g/mol. The lowest BCUT2D eigenvalue weighted by Gasteiger charge is -2.15. The molecular formula is C19H23NO5. The Labute approximate surface area is 147 Å². The number of benzene rings is 2. The second-order valence-corrected chi connectivity index (χ2v) is 5.25. The molecule has 0 spiro atoms. The zero-order valence-electron chi connectivity index (χ0n) is 14.7. The van der Waals surface area contributed by atoms with Crippen LogP contribution in [0.3, 0.4) is 0 Å². The van der Waals surface area contributed by atoms with Crippen molar-refractivity contribution in [3.8, 4) is 23.0 Å². The molecule has 0 saturated heterocycles. The maximum Gasteiger partial charge on any atom is 0.260 e. The highest BCUT2D eigenvalue weighted by Crippen LogP contribution is 2.19. The zero-order valence-corrected chi connectivity index (χ0v) is 14.7. The highest BCUT2D eigenvalue weighted by molar-refractivity contribution is 5.80. The third-order valence-electron chi connectivity index (χ3n) is 3.45. The molecule has 6 nitrogen and oxygen atoms in total. The molecule has 2 aromatic rings. The van der Waals surface area contributed by atoms with Gasteiger partial charge in [0, 0.05) is 6.07 Å². The van der Waals surface area contributed by atoms with Crippen molar-refractivity contribution in [2.75, 3.05) is 27.4 Å². The van der Waals surface area contributed by atoms with Crippen molar-refractivity contribution in [3.63, 3.8) is 0 Å². The van der Waals surface area contributed by atoms with Gasteiger partial charge in [-0.05, 0) is 43.3 Å². The molecule has 0 bridgehead atoms. The maximum absolute atomic E-state index is 12.0. The fraction of sp³-hybridized carbons (Fsp3) is 0.316. The Bertz CT molecular complexity index is 672. The Morgan fingerprint density at radius 3 is 2.28 bits per heavy atom. The molecule has 6 heteroatoms. The fourth-order valence-corrected chi connectivity index (χ4v) is 2.09. The first-order valence-corrected chi connectivity index (χ1v) is 7.97. The molecule has 2 aromatic carbocycles. The minimum atomic E-state index is -0.606. The van der Waals surface area contributed by atoms with Crippen LogP contribution in [0.2, 0.25) is 0 Å². The van der Waals surface area contributed by atoms with E-state index in [1.807, 2.05) is 18.2 Å². The number of hydrogen-bond acceptors (Lipinski definition) is 5. The van der Waals surface area contributed by atoms with Gasteiger partial charge in [0.15, 0.2) is 6.10 Å². The molecule has 0 radical (unpaired) electrons. The molecule has 0 aliphatic heterocycles. The van der Waals surface area contributed by atoms with Crippen LogP contribution in [0.25, 0.3) is 0 Å². The van der Waals surface area contributed by atoms with Crippen molar-refractivity contribution in [1.82, 2.24) is 5.32 Å². The van der Waals surface area contributed by atoms with E-state index in [2.05, 4.69) is 5.32 Å². The summed E-state index contributed by atoms with van der Waals surface area (Å²) in [6.07, 6.45) is -0.606. The van der Waals surface area contributed by atoms with Gasteiger partial charge in [-0.2, -0.15) is 0 Å². The number of nitrogens with one attached hydrogen (secondary N) is 1. The second-order valence-electron chi connectivity index (χ2n) is 5.25. The molecule has 1 N–H and O–H groups in total. The van der Waals surface area contributed by atoms with Crippen molar-refractivity contribution >= 4 is 5.91 Å². The van der Waals surface area contributed by atoms with Crippen molar-refractivity contribution in [1.29, 1.82) is 0 Å². The fourth-order valence-electron chi connectivity index (χ4n) is 2.09. The van der Waals surface area contributed by atoms with Crippen molar-refractivity contribution in [2.24, 2.45) is 0 Å². The molecule has 1 atom stereocenters. The molecule has 0 aliphatic carbocycles. The highest BCUT2D eigenvalue weighted by Gasteiger charge is 2.14. The van der Waals surface area contributed by atoms with E-state index in [0.717, 1.165) is 11.5 Å². The topological polar surface area (TPSA) is 66.0 Å². The summed E-state index contributed by atoms with van der Waals surface area (Å²) in [7, 11) is 3.20. The molecule has 0 heterocycles. The minimum Gasteiger partial charge on any atom is -0.497 e. The molecule has 0 saturated carbocycles. The summed E-state index contributed by atoms with van der Waals surface area (Å²) in [5.74, 6) is 2.56. The van der Waals surface area contributed by atoms with Crippen molar-refractivity contribution in [2.45, 2.75) is 13.0 Å². The van der Waals surface area contributed by atoms with Crippen LogP contribution in [-0.2, 0) is 4.79 Å². The van der Waals surface area contributed by atoms with E-state index in [9.17, 15) is 4.79 Å². The van der Waals surface area contributed by atoms with E-state index >= 15 is 0 Å². The van der Waals surface area contributed by atoms with Gasteiger partial charge in [0.1, 0.15) is 29.6 Å². The van der Waals surface area contributed by atoms with Gasteiger partial charge in [-0.3, -0.25) is 4.79 Å². The molecule has 25 heavy (non-hydrogen) atoms. The van der Waals surface area contributed by atoms with Gasteiger partial charge in [-0.25, -0.2) is 0 Å². The molecule has 134 valence electrons. The van der Waals surface area contributed by atoms with Gasteiger partial charge in [-0.15, -0.1) is 0 Å². The van der Waals surface area contributed by atoms with E-state index in [4.69, 9.17) is 18.9 Å². The Kier molecular flexibility index (Phi) is 6.95. The standard InChI is InChI=1S/C19H23NO5/c1-14(25-16-9-7-15(22-2)8-10-16)19(21)20-11-12-24-18-6-4-5-17(13-18)23-3/h4-10,13-14H,11-12H2,1-3H3,(H,20,21). The predicted molar refractivity (Wildman–Crippen MR) is 94.6 cm³/mol. The lowest BCUT2D eigenvalue weighted by Crippen LogP contribution is -2.38. The molecule has 1 amide bonds. The van der Waals surface area contributed by atoms with Gasteiger partial charge in [0.2, 0.25) is 0 Å². The number of hydrogen-bond donors (Lipinski definition) is 1. The molecule has 2 rings (SSSR count).